The molecule has 1 aromatic heterocycles. The van der Waals surface area contributed by atoms with Gasteiger partial charge >= 0.3 is 0 Å². The van der Waals surface area contributed by atoms with Crippen molar-refractivity contribution < 1.29 is 4.79 Å². The Morgan fingerprint density at radius 2 is 2.36 bits per heavy atom. The van der Waals surface area contributed by atoms with Crippen LogP contribution in [-0.4, -0.2) is 27.9 Å². The smallest absolute Gasteiger partial charge is 0.275 e. The molecule has 11 heavy (non-hydrogen) atoms. The van der Waals surface area contributed by atoms with E-state index in [0.717, 1.165) is 0 Å². The summed E-state index contributed by atoms with van der Waals surface area (Å²) in [6.45, 7) is 0. The van der Waals surface area contributed by atoms with Crippen molar-refractivity contribution >= 4 is 11.7 Å². The van der Waals surface area contributed by atoms with Gasteiger partial charge < -0.3 is 11.1 Å². The molecular weight excluding hydrogens is 146 g/mol. The Morgan fingerprint density at radius 1 is 1.73 bits per heavy atom. The lowest BCUT2D eigenvalue weighted by Gasteiger charge is -1.94. The van der Waals surface area contributed by atoms with Crippen molar-refractivity contribution in [1.29, 1.82) is 0 Å². The summed E-state index contributed by atoms with van der Waals surface area (Å²) in [5.74, 6) is -0.0556. The lowest BCUT2D eigenvalue weighted by molar-refractivity contribution is 0.0959. The number of aromatic nitrogens is 3. The number of hydrogen-bond donors (Lipinski definition) is 2. The van der Waals surface area contributed by atoms with E-state index < -0.39 is 0 Å². The van der Waals surface area contributed by atoms with E-state index in [9.17, 15) is 4.79 Å². The minimum atomic E-state index is -0.324. The summed E-state index contributed by atoms with van der Waals surface area (Å²) in [5.41, 5.74) is 5.62. The first-order valence-corrected chi connectivity index (χ1v) is 3.04. The minimum Gasteiger partial charge on any atom is -0.382 e. The van der Waals surface area contributed by atoms with Crippen molar-refractivity contribution in [3.8, 4) is 0 Å². The highest BCUT2D eigenvalue weighted by atomic mass is 16.1. The van der Waals surface area contributed by atoms with Crippen LogP contribution >= 0.6 is 0 Å². The summed E-state index contributed by atoms with van der Waals surface area (Å²) in [5, 5.41) is 9.53. The van der Waals surface area contributed by atoms with Crippen molar-refractivity contribution in [2.24, 2.45) is 7.05 Å². The fourth-order valence-electron chi connectivity index (χ4n) is 0.645. The maximum Gasteiger partial charge on any atom is 0.275 e. The molecule has 1 amide bonds. The van der Waals surface area contributed by atoms with E-state index in [-0.39, 0.29) is 17.4 Å². The van der Waals surface area contributed by atoms with E-state index in [0.29, 0.717) is 0 Å². The molecular formula is C5H9N5O. The first-order valence-electron chi connectivity index (χ1n) is 3.04. The molecule has 0 fully saturated rings. The second-order valence-electron chi connectivity index (χ2n) is 2.03. The molecule has 6 nitrogen and oxygen atoms in total. The number of nitrogen functional groups attached to an aromatic ring is 1. The van der Waals surface area contributed by atoms with Gasteiger partial charge in [-0.15, -0.1) is 5.10 Å². The van der Waals surface area contributed by atoms with Gasteiger partial charge in [0.1, 0.15) is 0 Å². The number of amides is 1. The zero-order valence-corrected chi connectivity index (χ0v) is 6.33. The number of nitrogens with two attached hydrogens (primary N) is 1. The number of rotatable bonds is 1. The molecule has 0 aliphatic carbocycles. The van der Waals surface area contributed by atoms with Crippen molar-refractivity contribution in [1.82, 2.24) is 20.3 Å². The lowest BCUT2D eigenvalue weighted by atomic mass is 10.4. The largest absolute Gasteiger partial charge is 0.382 e. The predicted octanol–water partition coefficient (Wildman–Crippen LogP) is -1.24. The average molecular weight is 155 g/mol. The van der Waals surface area contributed by atoms with Gasteiger partial charge in [-0.2, -0.15) is 0 Å². The van der Waals surface area contributed by atoms with Gasteiger partial charge in [0.25, 0.3) is 5.91 Å². The van der Waals surface area contributed by atoms with Gasteiger partial charge in [0, 0.05) is 14.1 Å². The molecule has 60 valence electrons. The van der Waals surface area contributed by atoms with E-state index >= 15 is 0 Å². The Balaban J connectivity index is 3.04. The van der Waals surface area contributed by atoms with E-state index in [1.165, 1.54) is 11.7 Å². The number of anilines is 1. The van der Waals surface area contributed by atoms with Gasteiger partial charge in [0.2, 0.25) is 0 Å². The Bertz CT molecular complexity index is 278. The summed E-state index contributed by atoms with van der Waals surface area (Å²) in [6.07, 6.45) is 0. The number of carbonyl (C=O) groups is 1. The number of aryl methyl sites for hydroxylation is 1. The molecule has 0 bridgehead atoms. The molecule has 0 unspecified atom stereocenters. The third-order valence-corrected chi connectivity index (χ3v) is 1.31. The zero-order valence-electron chi connectivity index (χ0n) is 6.33. The normalized spacial score (nSPS) is 9.64. The predicted molar refractivity (Wildman–Crippen MR) is 38.8 cm³/mol. The van der Waals surface area contributed by atoms with Crippen molar-refractivity contribution in [2.45, 2.75) is 0 Å². The van der Waals surface area contributed by atoms with E-state index in [1.807, 2.05) is 0 Å². The standard InChI is InChI=1S/C5H9N5O/c1-7-5(11)3-4(6)10(2)9-8-3/h6H2,1-2H3,(H,7,11). The van der Waals surface area contributed by atoms with Crippen molar-refractivity contribution in [3.05, 3.63) is 5.69 Å². The second kappa shape index (κ2) is 2.57. The van der Waals surface area contributed by atoms with Crippen LogP contribution < -0.4 is 11.1 Å². The summed E-state index contributed by atoms with van der Waals surface area (Å²) >= 11 is 0. The van der Waals surface area contributed by atoms with Gasteiger partial charge in [-0.05, 0) is 0 Å². The van der Waals surface area contributed by atoms with E-state index in [2.05, 4.69) is 15.6 Å². The van der Waals surface area contributed by atoms with Gasteiger partial charge in [0.15, 0.2) is 11.5 Å². The van der Waals surface area contributed by atoms with Crippen LogP contribution in [0.5, 0.6) is 0 Å². The third kappa shape index (κ3) is 1.14. The van der Waals surface area contributed by atoms with Crippen molar-refractivity contribution in [3.63, 3.8) is 0 Å². The average Bonchev–Trinajstić information content (AvgIpc) is 2.32. The number of carbonyl (C=O) groups excluding carboxylic acids is 1. The molecule has 0 spiro atoms. The summed E-state index contributed by atoms with van der Waals surface area (Å²) in [6, 6.07) is 0. The zero-order chi connectivity index (χ0) is 8.43. The Hall–Kier alpha value is -1.59. The minimum absolute atomic E-state index is 0.162. The summed E-state index contributed by atoms with van der Waals surface area (Å²) in [4.78, 5) is 10.9. The van der Waals surface area contributed by atoms with Gasteiger partial charge in [-0.3, -0.25) is 4.79 Å². The fraction of sp³-hybridized carbons (Fsp3) is 0.400. The highest BCUT2D eigenvalue weighted by Crippen LogP contribution is 2.03. The second-order valence-corrected chi connectivity index (χ2v) is 2.03. The maximum absolute atomic E-state index is 10.9. The molecule has 0 radical (unpaired) electrons. The summed E-state index contributed by atoms with van der Waals surface area (Å²) in [7, 11) is 3.13. The van der Waals surface area contributed by atoms with Crippen LogP contribution in [-0.2, 0) is 7.05 Å². The lowest BCUT2D eigenvalue weighted by Crippen LogP contribution is -2.19. The topological polar surface area (TPSA) is 85.8 Å². The molecule has 1 heterocycles. The van der Waals surface area contributed by atoms with Crippen LogP contribution in [0.4, 0.5) is 5.82 Å². The van der Waals surface area contributed by atoms with Gasteiger partial charge in [-0.25, -0.2) is 4.68 Å². The molecule has 3 N–H and O–H groups in total. The quantitative estimate of drug-likeness (QED) is 0.531. The molecule has 0 atom stereocenters. The first kappa shape index (κ1) is 7.52. The molecule has 0 aliphatic heterocycles. The van der Waals surface area contributed by atoms with Crippen LogP contribution in [0.15, 0.2) is 0 Å². The van der Waals surface area contributed by atoms with Crippen LogP contribution in [0.3, 0.4) is 0 Å². The number of hydrogen-bond acceptors (Lipinski definition) is 4. The monoisotopic (exact) mass is 155 g/mol. The molecule has 6 heteroatoms. The van der Waals surface area contributed by atoms with Crippen LogP contribution in [0.1, 0.15) is 10.5 Å². The fourth-order valence-corrected chi connectivity index (χ4v) is 0.645. The summed E-state index contributed by atoms with van der Waals surface area (Å²) < 4.78 is 1.34. The highest BCUT2D eigenvalue weighted by molar-refractivity contribution is 5.95. The Kier molecular flexibility index (Phi) is 1.75. The van der Waals surface area contributed by atoms with Crippen LogP contribution in [0.2, 0.25) is 0 Å². The number of nitrogens with one attached hydrogen (secondary N) is 1. The van der Waals surface area contributed by atoms with E-state index in [1.54, 1.807) is 7.05 Å². The SMILES string of the molecule is CNC(=O)c1nnn(C)c1N. The van der Waals surface area contributed by atoms with Crippen molar-refractivity contribution in [2.75, 3.05) is 12.8 Å². The molecule has 0 aliphatic rings. The molecule has 1 rings (SSSR count). The maximum atomic E-state index is 10.9. The highest BCUT2D eigenvalue weighted by Gasteiger charge is 2.13. The molecule has 1 aromatic rings. The Morgan fingerprint density at radius 3 is 2.73 bits per heavy atom. The van der Waals surface area contributed by atoms with Crippen LogP contribution in [0.25, 0.3) is 0 Å². The molecule has 0 aromatic carbocycles. The van der Waals surface area contributed by atoms with Crippen LogP contribution in [0, 0.1) is 0 Å². The third-order valence-electron chi connectivity index (χ3n) is 1.31. The first-order chi connectivity index (χ1) is 5.16. The van der Waals surface area contributed by atoms with Gasteiger partial charge in [0.05, 0.1) is 0 Å². The molecule has 0 saturated heterocycles. The van der Waals surface area contributed by atoms with E-state index in [4.69, 9.17) is 5.73 Å². The molecule has 0 saturated carbocycles. The van der Waals surface area contributed by atoms with Gasteiger partial charge in [-0.1, -0.05) is 5.21 Å². The number of nitrogens with zero attached hydrogens (tertiary/aromatic N) is 3. The Labute approximate surface area is 63.4 Å².